The molecule has 8 heteroatoms. The maximum atomic E-state index is 12.5. The highest BCUT2D eigenvalue weighted by Gasteiger charge is 2.44. The molecule has 0 radical (unpaired) electrons. The van der Waals surface area contributed by atoms with E-state index in [2.05, 4.69) is 13.5 Å². The van der Waals surface area contributed by atoms with E-state index in [0.29, 0.717) is 17.0 Å². The highest BCUT2D eigenvalue weighted by atomic mass is 32.2. The van der Waals surface area contributed by atoms with Crippen LogP contribution in [0, 0.1) is 17.8 Å². The predicted molar refractivity (Wildman–Crippen MR) is 81.7 cm³/mol. The topological polar surface area (TPSA) is 89.0 Å². The minimum atomic E-state index is -3.90. The molecule has 0 bridgehead atoms. The van der Waals surface area contributed by atoms with Gasteiger partial charge in [-0.25, -0.2) is 13.1 Å². The fourth-order valence-corrected chi connectivity index (χ4v) is 5.17. The first-order chi connectivity index (χ1) is 10.5. The molecule has 4 rings (SSSR count). The highest BCUT2D eigenvalue weighted by molar-refractivity contribution is 7.90. The Labute approximate surface area is 132 Å². The maximum absolute atomic E-state index is 12.5. The van der Waals surface area contributed by atoms with E-state index in [1.165, 1.54) is 12.5 Å². The van der Waals surface area contributed by atoms with E-state index in [9.17, 15) is 13.2 Å². The summed E-state index contributed by atoms with van der Waals surface area (Å²) in [6.07, 6.45) is 3.83. The van der Waals surface area contributed by atoms with Gasteiger partial charge in [0, 0.05) is 5.92 Å². The van der Waals surface area contributed by atoms with Crippen molar-refractivity contribution >= 4 is 38.7 Å². The van der Waals surface area contributed by atoms with Gasteiger partial charge < -0.3 is 0 Å². The highest BCUT2D eigenvalue weighted by Crippen LogP contribution is 2.51. The zero-order valence-corrected chi connectivity index (χ0v) is 13.4. The number of fused-ring (bicyclic) bond motifs is 2. The second-order valence-electron chi connectivity index (χ2n) is 6.12. The lowest BCUT2D eigenvalue weighted by molar-refractivity contribution is -0.124. The number of benzene rings is 1. The van der Waals surface area contributed by atoms with E-state index in [0.717, 1.165) is 36.9 Å². The van der Waals surface area contributed by atoms with Gasteiger partial charge in [-0.3, -0.25) is 4.79 Å². The van der Waals surface area contributed by atoms with E-state index in [-0.39, 0.29) is 16.7 Å². The summed E-state index contributed by atoms with van der Waals surface area (Å²) >= 11 is 0.959. The van der Waals surface area contributed by atoms with Crippen molar-refractivity contribution in [1.29, 1.82) is 0 Å². The van der Waals surface area contributed by atoms with E-state index in [4.69, 9.17) is 0 Å². The van der Waals surface area contributed by atoms with Crippen LogP contribution in [0.5, 0.6) is 0 Å². The van der Waals surface area contributed by atoms with E-state index in [1.54, 1.807) is 12.1 Å². The van der Waals surface area contributed by atoms with Gasteiger partial charge in [-0.1, -0.05) is 6.07 Å². The Kier molecular flexibility index (Phi) is 3.19. The van der Waals surface area contributed by atoms with Gasteiger partial charge in [0.25, 0.3) is 10.0 Å². The zero-order valence-electron chi connectivity index (χ0n) is 11.7. The molecule has 2 aliphatic carbocycles. The summed E-state index contributed by atoms with van der Waals surface area (Å²) in [6.45, 7) is 0. The van der Waals surface area contributed by atoms with Crippen molar-refractivity contribution in [3.05, 3.63) is 18.2 Å². The van der Waals surface area contributed by atoms with E-state index >= 15 is 0 Å². The molecule has 1 heterocycles. The molecule has 0 spiro atoms. The molecule has 3 atom stereocenters. The molecule has 0 saturated heterocycles. The monoisotopic (exact) mass is 337 g/mol. The molecule has 1 aromatic carbocycles. The number of carbonyl (C=O) groups is 1. The lowest BCUT2D eigenvalue weighted by Gasteiger charge is -2.20. The van der Waals surface area contributed by atoms with Crippen LogP contribution in [-0.2, 0) is 14.8 Å². The van der Waals surface area contributed by atoms with Gasteiger partial charge in [0.1, 0.15) is 15.9 Å². The van der Waals surface area contributed by atoms with Crippen molar-refractivity contribution in [2.75, 3.05) is 0 Å². The number of hydrogen-bond donors (Lipinski definition) is 1. The Hall–Kier alpha value is -1.54. The fourth-order valence-electron chi connectivity index (χ4n) is 3.36. The molecule has 2 aromatic rings. The summed E-state index contributed by atoms with van der Waals surface area (Å²) in [4.78, 5) is 12.3. The molecule has 6 nitrogen and oxygen atoms in total. The summed E-state index contributed by atoms with van der Waals surface area (Å²) < 4.78 is 35.3. The van der Waals surface area contributed by atoms with Gasteiger partial charge in [-0.05, 0) is 49.7 Å². The molecule has 3 unspecified atom stereocenters. The Morgan fingerprint density at radius 3 is 2.86 bits per heavy atom. The summed E-state index contributed by atoms with van der Waals surface area (Å²) in [5.41, 5.74) is 0.845. The normalized spacial score (nSPS) is 27.4. The van der Waals surface area contributed by atoms with Gasteiger partial charge in [0.2, 0.25) is 5.91 Å². The van der Waals surface area contributed by atoms with E-state index in [1.807, 2.05) is 0 Å². The number of nitrogens with zero attached hydrogens (tertiary/aromatic N) is 2. The minimum absolute atomic E-state index is 0.0206. The van der Waals surface area contributed by atoms with Crippen LogP contribution in [0.4, 0.5) is 0 Å². The van der Waals surface area contributed by atoms with Crippen molar-refractivity contribution < 1.29 is 13.2 Å². The average molecular weight is 337 g/mol. The second kappa shape index (κ2) is 4.99. The standard InChI is InChI=1S/C14H15N3O3S2/c18-14(9-5-4-8-6-10(8)7-9)17-22(19,20)12-3-1-2-11-13(12)16-21-15-11/h1-3,8-10H,4-7H2,(H,17,18). The van der Waals surface area contributed by atoms with Gasteiger partial charge in [-0.15, -0.1) is 0 Å². The first-order valence-corrected chi connectivity index (χ1v) is 9.54. The number of sulfonamides is 1. The van der Waals surface area contributed by atoms with Crippen LogP contribution < -0.4 is 4.72 Å². The molecule has 22 heavy (non-hydrogen) atoms. The summed E-state index contributed by atoms with van der Waals surface area (Å²) in [5.74, 6) is 0.825. The second-order valence-corrected chi connectivity index (χ2v) is 8.30. The largest absolute Gasteiger partial charge is 0.274 e. The number of hydrogen-bond acceptors (Lipinski definition) is 6. The van der Waals surface area contributed by atoms with Gasteiger partial charge in [-0.2, -0.15) is 8.75 Å². The zero-order chi connectivity index (χ0) is 15.3. The van der Waals surface area contributed by atoms with Crippen LogP contribution in [0.3, 0.4) is 0 Å². The number of nitrogens with one attached hydrogen (secondary N) is 1. The molecular weight excluding hydrogens is 322 g/mol. The van der Waals surface area contributed by atoms with Gasteiger partial charge in [0.05, 0.1) is 11.7 Å². The van der Waals surface area contributed by atoms with Crippen molar-refractivity contribution in [2.24, 2.45) is 17.8 Å². The molecule has 2 saturated carbocycles. The lowest BCUT2D eigenvalue weighted by Crippen LogP contribution is -2.36. The first kappa shape index (κ1) is 14.1. The fraction of sp³-hybridized carbons (Fsp3) is 0.500. The number of aromatic nitrogens is 2. The number of amides is 1. The number of rotatable bonds is 3. The summed E-state index contributed by atoms with van der Waals surface area (Å²) in [5, 5.41) is 0. The van der Waals surface area contributed by atoms with Crippen LogP contribution in [0.15, 0.2) is 23.1 Å². The average Bonchev–Trinajstić information content (AvgIpc) is 3.11. The van der Waals surface area contributed by atoms with Crippen LogP contribution in [0.2, 0.25) is 0 Å². The van der Waals surface area contributed by atoms with Gasteiger partial charge >= 0.3 is 0 Å². The summed E-state index contributed by atoms with van der Waals surface area (Å²) in [7, 11) is -3.90. The minimum Gasteiger partial charge on any atom is -0.274 e. The molecule has 116 valence electrons. The van der Waals surface area contributed by atoms with Crippen LogP contribution in [-0.4, -0.2) is 23.1 Å². The van der Waals surface area contributed by atoms with Crippen molar-refractivity contribution in [1.82, 2.24) is 13.5 Å². The third-order valence-electron chi connectivity index (χ3n) is 4.69. The Balaban J connectivity index is 1.58. The summed E-state index contributed by atoms with van der Waals surface area (Å²) in [6, 6.07) is 4.77. The predicted octanol–water partition coefficient (Wildman–Crippen LogP) is 1.93. The Morgan fingerprint density at radius 2 is 2.05 bits per heavy atom. The van der Waals surface area contributed by atoms with Crippen molar-refractivity contribution in [2.45, 2.75) is 30.6 Å². The van der Waals surface area contributed by atoms with Gasteiger partial charge in [0.15, 0.2) is 0 Å². The van der Waals surface area contributed by atoms with Crippen LogP contribution >= 0.6 is 11.7 Å². The SMILES string of the molecule is O=C(NS(=O)(=O)c1cccc2nsnc12)C1CCC2CC2C1. The third-order valence-corrected chi connectivity index (χ3v) is 6.61. The van der Waals surface area contributed by atoms with E-state index < -0.39 is 10.0 Å². The number of carbonyl (C=O) groups excluding carboxylic acids is 1. The first-order valence-electron chi connectivity index (χ1n) is 7.32. The lowest BCUT2D eigenvalue weighted by atomic mass is 9.89. The molecular formula is C14H15N3O3S2. The quantitative estimate of drug-likeness (QED) is 0.924. The molecule has 2 fully saturated rings. The Morgan fingerprint density at radius 1 is 1.18 bits per heavy atom. The van der Waals surface area contributed by atoms with Crippen LogP contribution in [0.1, 0.15) is 25.7 Å². The molecule has 0 aliphatic heterocycles. The van der Waals surface area contributed by atoms with Crippen LogP contribution in [0.25, 0.3) is 11.0 Å². The molecule has 1 amide bonds. The molecule has 1 aromatic heterocycles. The maximum Gasteiger partial charge on any atom is 0.266 e. The molecule has 1 N–H and O–H groups in total. The third kappa shape index (κ3) is 2.40. The van der Waals surface area contributed by atoms with Crippen molar-refractivity contribution in [3.63, 3.8) is 0 Å². The molecule has 2 aliphatic rings. The Bertz CT molecular complexity index is 846. The van der Waals surface area contributed by atoms with Crippen molar-refractivity contribution in [3.8, 4) is 0 Å². The smallest absolute Gasteiger partial charge is 0.266 e.